The predicted octanol–water partition coefficient (Wildman–Crippen LogP) is 7.05. The Hall–Kier alpha value is -1.51. The summed E-state index contributed by atoms with van der Waals surface area (Å²) in [5, 5.41) is 0. The first kappa shape index (κ1) is 19.3. The molecule has 1 heterocycles. The van der Waals surface area contributed by atoms with Crippen molar-refractivity contribution in [3.63, 3.8) is 0 Å². The summed E-state index contributed by atoms with van der Waals surface area (Å²) in [6.07, 6.45) is 10.2. The van der Waals surface area contributed by atoms with Crippen molar-refractivity contribution in [3.05, 3.63) is 48.0 Å². The van der Waals surface area contributed by atoms with Crippen LogP contribution in [0.3, 0.4) is 0 Å². The van der Waals surface area contributed by atoms with Gasteiger partial charge in [-0.3, -0.25) is 0 Å². The molecule has 26 heavy (non-hydrogen) atoms. The van der Waals surface area contributed by atoms with E-state index in [0.29, 0.717) is 17.2 Å². The van der Waals surface area contributed by atoms with Crippen molar-refractivity contribution in [2.24, 2.45) is 0 Å². The van der Waals surface area contributed by atoms with Crippen LogP contribution in [-0.2, 0) is 18.2 Å². The molecule has 0 spiro atoms. The van der Waals surface area contributed by atoms with E-state index in [2.05, 4.69) is 19.1 Å². The molecular weight excluding hydrogens is 363 g/mol. The number of aryl methyl sites for hydroxylation is 1. The zero-order valence-corrected chi connectivity index (χ0v) is 17.1. The molecule has 1 unspecified atom stereocenters. The van der Waals surface area contributed by atoms with Crippen LogP contribution in [0.1, 0.15) is 57.4 Å². The molecule has 0 saturated heterocycles. The summed E-state index contributed by atoms with van der Waals surface area (Å²) < 4.78 is 17.4. The summed E-state index contributed by atoms with van der Waals surface area (Å²) in [4.78, 5) is 0. The summed E-state index contributed by atoms with van der Waals surface area (Å²) in [5.74, 6) is 2.90. The van der Waals surface area contributed by atoms with Crippen LogP contribution in [0.4, 0.5) is 0 Å². The molecule has 3 nitrogen and oxygen atoms in total. The van der Waals surface area contributed by atoms with Gasteiger partial charge in [-0.25, -0.2) is 0 Å². The predicted molar refractivity (Wildman–Crippen MR) is 112 cm³/mol. The minimum atomic E-state index is -1.66. The summed E-state index contributed by atoms with van der Waals surface area (Å²) in [5.41, 5.74) is 1.24. The van der Waals surface area contributed by atoms with Gasteiger partial charge < -0.3 is 13.8 Å². The first-order chi connectivity index (χ1) is 12.8. The second-order valence-corrected chi connectivity index (χ2v) is 8.53. The van der Waals surface area contributed by atoms with Crippen LogP contribution in [-0.4, -0.2) is 0 Å². The molecule has 5 heteroatoms. The topological polar surface area (TPSA) is 27.7 Å². The third-order valence-electron chi connectivity index (χ3n) is 4.56. The number of fused-ring (bicyclic) bond motifs is 1. The Morgan fingerprint density at radius 3 is 2.42 bits per heavy atom. The van der Waals surface area contributed by atoms with Gasteiger partial charge in [0, 0.05) is 0 Å². The lowest BCUT2D eigenvalue weighted by atomic mass is 10.0. The highest BCUT2D eigenvalue weighted by atomic mass is 32.4. The maximum Gasteiger partial charge on any atom is 0.276 e. The maximum atomic E-state index is 6.18. The lowest BCUT2D eigenvalue weighted by molar-refractivity contribution is 0.453. The lowest BCUT2D eigenvalue weighted by Gasteiger charge is -2.12. The van der Waals surface area contributed by atoms with E-state index in [1.807, 2.05) is 30.3 Å². The second-order valence-electron chi connectivity index (χ2n) is 6.62. The zero-order chi connectivity index (χ0) is 18.2. The van der Waals surface area contributed by atoms with Crippen molar-refractivity contribution in [2.75, 3.05) is 0 Å². The number of para-hydroxylation sites is 2. The minimum absolute atomic E-state index is 0.641. The van der Waals surface area contributed by atoms with E-state index < -0.39 is 7.15 Å². The van der Waals surface area contributed by atoms with E-state index in [1.54, 1.807) is 0 Å². The molecule has 3 rings (SSSR count). The third-order valence-corrected chi connectivity index (χ3v) is 5.82. The molecule has 0 fully saturated rings. The standard InChI is InChI=1S/C21H27O3PS/c1-2-3-4-5-6-7-8-12-17-13-9-10-14-18(17)22-19-15-11-16-20-21(19)24-25(26)23-20/h9-11,13-16,25H,2-8,12H2,1H3. The van der Waals surface area contributed by atoms with Crippen LogP contribution < -0.4 is 13.8 Å². The summed E-state index contributed by atoms with van der Waals surface area (Å²) in [7, 11) is -1.66. The third kappa shape index (κ3) is 5.25. The smallest absolute Gasteiger partial charge is 0.276 e. The fourth-order valence-electron chi connectivity index (χ4n) is 3.15. The molecule has 0 aromatic heterocycles. The Morgan fingerprint density at radius 1 is 0.846 bits per heavy atom. The van der Waals surface area contributed by atoms with Gasteiger partial charge in [-0.1, -0.05) is 69.7 Å². The molecule has 2 aromatic rings. The van der Waals surface area contributed by atoms with E-state index in [9.17, 15) is 0 Å². The highest BCUT2D eigenvalue weighted by molar-refractivity contribution is 8.01. The highest BCUT2D eigenvalue weighted by Crippen LogP contribution is 2.51. The van der Waals surface area contributed by atoms with E-state index in [0.717, 1.165) is 12.2 Å². The van der Waals surface area contributed by atoms with Gasteiger partial charge in [0.1, 0.15) is 5.75 Å². The number of hydrogen-bond donors (Lipinski definition) is 0. The van der Waals surface area contributed by atoms with Crippen molar-refractivity contribution in [3.8, 4) is 23.0 Å². The van der Waals surface area contributed by atoms with Crippen molar-refractivity contribution in [1.82, 2.24) is 0 Å². The van der Waals surface area contributed by atoms with Gasteiger partial charge in [-0.15, -0.1) is 0 Å². The average molecular weight is 390 g/mol. The normalized spacial score (nSPS) is 15.2. The number of hydrogen-bond acceptors (Lipinski definition) is 4. The molecule has 0 aliphatic carbocycles. The molecule has 0 radical (unpaired) electrons. The molecule has 2 aromatic carbocycles. The van der Waals surface area contributed by atoms with Crippen LogP contribution >= 0.6 is 7.15 Å². The molecule has 0 saturated carbocycles. The van der Waals surface area contributed by atoms with Gasteiger partial charge in [0.25, 0.3) is 7.15 Å². The largest absolute Gasteiger partial charge is 0.453 e. The Labute approximate surface area is 162 Å². The Balaban J connectivity index is 1.58. The fraction of sp³-hybridized carbons (Fsp3) is 0.429. The zero-order valence-electron chi connectivity index (χ0n) is 15.3. The van der Waals surface area contributed by atoms with Crippen LogP contribution in [0.2, 0.25) is 0 Å². The van der Waals surface area contributed by atoms with Gasteiger partial charge in [0.05, 0.1) is 0 Å². The van der Waals surface area contributed by atoms with Crippen molar-refractivity contribution >= 4 is 19.0 Å². The fourth-order valence-corrected chi connectivity index (χ4v) is 4.42. The molecular formula is C21H27O3PS. The Kier molecular flexibility index (Phi) is 7.40. The molecule has 1 aliphatic heterocycles. The molecule has 0 bridgehead atoms. The van der Waals surface area contributed by atoms with Crippen LogP contribution in [0.25, 0.3) is 0 Å². The maximum absolute atomic E-state index is 6.18. The van der Waals surface area contributed by atoms with Gasteiger partial charge in [-0.2, -0.15) is 0 Å². The SMILES string of the molecule is CCCCCCCCCc1ccccc1Oc1cccc2c1O[PH](=S)O2. The summed E-state index contributed by atoms with van der Waals surface area (Å²) in [6, 6.07) is 13.9. The van der Waals surface area contributed by atoms with Crippen LogP contribution in [0, 0.1) is 0 Å². The summed E-state index contributed by atoms with van der Waals surface area (Å²) in [6.45, 7) is 2.26. The second kappa shape index (κ2) is 9.99. The number of unbranched alkanes of at least 4 members (excludes halogenated alkanes) is 6. The van der Waals surface area contributed by atoms with Crippen molar-refractivity contribution < 1.29 is 13.8 Å². The van der Waals surface area contributed by atoms with Gasteiger partial charge in [-0.05, 0) is 48.4 Å². The summed E-state index contributed by atoms with van der Waals surface area (Å²) >= 11 is 5.17. The van der Waals surface area contributed by atoms with E-state index in [-0.39, 0.29) is 0 Å². The van der Waals surface area contributed by atoms with Crippen LogP contribution in [0.5, 0.6) is 23.0 Å². The molecule has 0 amide bonds. The molecule has 140 valence electrons. The van der Waals surface area contributed by atoms with E-state index in [1.165, 1.54) is 50.5 Å². The quantitative estimate of drug-likeness (QED) is 0.321. The Morgan fingerprint density at radius 2 is 1.58 bits per heavy atom. The number of rotatable bonds is 10. The van der Waals surface area contributed by atoms with Crippen molar-refractivity contribution in [1.29, 1.82) is 0 Å². The number of ether oxygens (including phenoxy) is 1. The molecule has 1 aliphatic rings. The average Bonchev–Trinajstić information content (AvgIpc) is 3.03. The highest BCUT2D eigenvalue weighted by Gasteiger charge is 2.22. The molecule has 1 atom stereocenters. The minimum Gasteiger partial charge on any atom is -0.453 e. The molecule has 0 N–H and O–H groups in total. The van der Waals surface area contributed by atoms with E-state index in [4.69, 9.17) is 25.6 Å². The van der Waals surface area contributed by atoms with Crippen LogP contribution in [0.15, 0.2) is 42.5 Å². The van der Waals surface area contributed by atoms with E-state index >= 15 is 0 Å². The van der Waals surface area contributed by atoms with Gasteiger partial charge in [0.2, 0.25) is 5.75 Å². The monoisotopic (exact) mass is 390 g/mol. The lowest BCUT2D eigenvalue weighted by Crippen LogP contribution is -1.93. The van der Waals surface area contributed by atoms with Gasteiger partial charge >= 0.3 is 0 Å². The Bertz CT molecular complexity index is 748. The van der Waals surface area contributed by atoms with Crippen molar-refractivity contribution in [2.45, 2.75) is 58.3 Å². The number of benzene rings is 2. The first-order valence-corrected chi connectivity index (χ1v) is 12.0. The first-order valence-electron chi connectivity index (χ1n) is 9.56. The van der Waals surface area contributed by atoms with Gasteiger partial charge in [0.15, 0.2) is 11.5 Å².